The predicted octanol–water partition coefficient (Wildman–Crippen LogP) is 1.60. The first-order valence-electron chi connectivity index (χ1n) is 7.44. The van der Waals surface area contributed by atoms with Gasteiger partial charge < -0.3 is 16.0 Å². The molecule has 0 radical (unpaired) electrons. The predicted molar refractivity (Wildman–Crippen MR) is 79.9 cm³/mol. The standard InChI is InChI=1S/C15H31N3O/c1-11(12-7-6-8-13(16)9-12)14(19)17-10-15(2,3)18(4)5/h11-13H,6-10,16H2,1-5H3,(H,17,19). The fourth-order valence-electron chi connectivity index (χ4n) is 2.56. The number of nitrogens with one attached hydrogen (secondary N) is 1. The molecule has 1 aliphatic rings. The first-order valence-corrected chi connectivity index (χ1v) is 7.44. The Bertz CT molecular complexity index is 302. The van der Waals surface area contributed by atoms with E-state index in [1.807, 2.05) is 21.0 Å². The highest BCUT2D eigenvalue weighted by atomic mass is 16.1. The second-order valence-corrected chi connectivity index (χ2v) is 6.90. The van der Waals surface area contributed by atoms with Crippen molar-refractivity contribution in [2.75, 3.05) is 20.6 Å². The quantitative estimate of drug-likeness (QED) is 0.797. The number of carbonyl (C=O) groups is 1. The van der Waals surface area contributed by atoms with Crippen LogP contribution in [0.1, 0.15) is 46.5 Å². The van der Waals surface area contributed by atoms with Crippen LogP contribution in [0.5, 0.6) is 0 Å². The van der Waals surface area contributed by atoms with E-state index in [4.69, 9.17) is 5.73 Å². The zero-order valence-electron chi connectivity index (χ0n) is 13.2. The lowest BCUT2D eigenvalue weighted by Crippen LogP contribution is -2.49. The largest absolute Gasteiger partial charge is 0.354 e. The molecular formula is C15H31N3O. The molecule has 1 amide bonds. The van der Waals surface area contributed by atoms with E-state index >= 15 is 0 Å². The number of amides is 1. The summed E-state index contributed by atoms with van der Waals surface area (Å²) >= 11 is 0. The molecule has 0 aromatic rings. The van der Waals surface area contributed by atoms with Crippen molar-refractivity contribution in [1.29, 1.82) is 0 Å². The maximum absolute atomic E-state index is 12.2. The summed E-state index contributed by atoms with van der Waals surface area (Å²) in [7, 11) is 4.07. The van der Waals surface area contributed by atoms with E-state index < -0.39 is 0 Å². The second-order valence-electron chi connectivity index (χ2n) is 6.90. The molecule has 0 aromatic heterocycles. The first-order chi connectivity index (χ1) is 8.74. The van der Waals surface area contributed by atoms with Gasteiger partial charge in [0, 0.05) is 24.0 Å². The molecule has 0 aliphatic heterocycles. The van der Waals surface area contributed by atoms with Gasteiger partial charge in [-0.3, -0.25) is 4.79 Å². The van der Waals surface area contributed by atoms with Gasteiger partial charge in [0.2, 0.25) is 5.91 Å². The van der Waals surface area contributed by atoms with E-state index in [-0.39, 0.29) is 23.4 Å². The van der Waals surface area contributed by atoms with E-state index in [9.17, 15) is 4.79 Å². The molecule has 0 saturated heterocycles. The van der Waals surface area contributed by atoms with E-state index in [1.54, 1.807) is 0 Å². The van der Waals surface area contributed by atoms with E-state index in [1.165, 1.54) is 0 Å². The summed E-state index contributed by atoms with van der Waals surface area (Å²) in [5, 5.41) is 3.09. The molecule has 1 fully saturated rings. The average molecular weight is 269 g/mol. The molecule has 4 nitrogen and oxygen atoms in total. The zero-order valence-corrected chi connectivity index (χ0v) is 13.2. The van der Waals surface area contributed by atoms with Crippen LogP contribution in [0.15, 0.2) is 0 Å². The van der Waals surface area contributed by atoms with Crippen LogP contribution in [0.4, 0.5) is 0 Å². The van der Waals surface area contributed by atoms with Crippen molar-refractivity contribution in [1.82, 2.24) is 10.2 Å². The number of nitrogens with zero attached hydrogens (tertiary/aromatic N) is 1. The fourth-order valence-corrected chi connectivity index (χ4v) is 2.56. The molecule has 1 rings (SSSR count). The van der Waals surface area contributed by atoms with Gasteiger partial charge in [0.15, 0.2) is 0 Å². The lowest BCUT2D eigenvalue weighted by atomic mass is 9.78. The maximum atomic E-state index is 12.2. The highest BCUT2D eigenvalue weighted by Gasteiger charge is 2.29. The van der Waals surface area contributed by atoms with Gasteiger partial charge in [0.25, 0.3) is 0 Å². The zero-order chi connectivity index (χ0) is 14.6. The minimum Gasteiger partial charge on any atom is -0.354 e. The number of rotatable bonds is 5. The van der Waals surface area contributed by atoms with Crippen LogP contribution in [0.2, 0.25) is 0 Å². The van der Waals surface area contributed by atoms with Crippen molar-refractivity contribution in [3.63, 3.8) is 0 Å². The molecule has 0 heterocycles. The number of hydrogen-bond acceptors (Lipinski definition) is 3. The summed E-state index contributed by atoms with van der Waals surface area (Å²) < 4.78 is 0. The lowest BCUT2D eigenvalue weighted by Gasteiger charge is -2.34. The van der Waals surface area contributed by atoms with Crippen LogP contribution in [0.25, 0.3) is 0 Å². The van der Waals surface area contributed by atoms with Crippen LogP contribution in [0.3, 0.4) is 0 Å². The van der Waals surface area contributed by atoms with Crippen LogP contribution < -0.4 is 11.1 Å². The van der Waals surface area contributed by atoms with Gasteiger partial charge in [-0.15, -0.1) is 0 Å². The molecule has 19 heavy (non-hydrogen) atoms. The van der Waals surface area contributed by atoms with Gasteiger partial charge in [-0.05, 0) is 53.1 Å². The third-order valence-electron chi connectivity index (χ3n) is 4.78. The molecule has 0 aromatic carbocycles. The Hall–Kier alpha value is -0.610. The SMILES string of the molecule is CC(C(=O)NCC(C)(C)N(C)C)C1CCCC(N)C1. The van der Waals surface area contributed by atoms with Crippen LogP contribution >= 0.6 is 0 Å². The van der Waals surface area contributed by atoms with Crippen molar-refractivity contribution in [2.24, 2.45) is 17.6 Å². The van der Waals surface area contributed by atoms with Gasteiger partial charge in [-0.1, -0.05) is 13.3 Å². The lowest BCUT2D eigenvalue weighted by molar-refractivity contribution is -0.127. The number of nitrogens with two attached hydrogens (primary N) is 1. The van der Waals surface area contributed by atoms with Gasteiger partial charge >= 0.3 is 0 Å². The molecule has 3 N–H and O–H groups in total. The van der Waals surface area contributed by atoms with Crippen molar-refractivity contribution in [3.05, 3.63) is 0 Å². The molecule has 1 aliphatic carbocycles. The summed E-state index contributed by atoms with van der Waals surface area (Å²) in [6.45, 7) is 6.99. The average Bonchev–Trinajstić information content (AvgIpc) is 2.35. The molecule has 4 heteroatoms. The molecule has 3 unspecified atom stereocenters. The van der Waals surface area contributed by atoms with E-state index in [0.717, 1.165) is 25.7 Å². The van der Waals surface area contributed by atoms with Gasteiger partial charge in [0.1, 0.15) is 0 Å². The Morgan fingerprint density at radius 1 is 1.42 bits per heavy atom. The van der Waals surface area contributed by atoms with Crippen molar-refractivity contribution >= 4 is 5.91 Å². The fraction of sp³-hybridized carbons (Fsp3) is 0.933. The summed E-state index contributed by atoms with van der Waals surface area (Å²) in [6.07, 6.45) is 4.40. The van der Waals surface area contributed by atoms with Crippen molar-refractivity contribution in [2.45, 2.75) is 58.0 Å². The van der Waals surface area contributed by atoms with Crippen LogP contribution in [0, 0.1) is 11.8 Å². The van der Waals surface area contributed by atoms with Gasteiger partial charge in [-0.2, -0.15) is 0 Å². The van der Waals surface area contributed by atoms with Crippen LogP contribution in [-0.4, -0.2) is 43.0 Å². The van der Waals surface area contributed by atoms with Crippen LogP contribution in [-0.2, 0) is 4.79 Å². The Morgan fingerprint density at radius 2 is 2.05 bits per heavy atom. The number of likely N-dealkylation sites (N-methyl/N-ethyl adjacent to an activating group) is 1. The minimum atomic E-state index is -0.0155. The summed E-state index contributed by atoms with van der Waals surface area (Å²) in [4.78, 5) is 14.4. The van der Waals surface area contributed by atoms with Gasteiger partial charge in [-0.25, -0.2) is 0 Å². The second kappa shape index (κ2) is 6.71. The molecule has 0 spiro atoms. The maximum Gasteiger partial charge on any atom is 0.223 e. The smallest absolute Gasteiger partial charge is 0.223 e. The monoisotopic (exact) mass is 269 g/mol. The minimum absolute atomic E-state index is 0.0155. The molecule has 3 atom stereocenters. The molecule has 0 bridgehead atoms. The summed E-state index contributed by atoms with van der Waals surface area (Å²) in [5.74, 6) is 0.699. The summed E-state index contributed by atoms with van der Waals surface area (Å²) in [6, 6.07) is 0.284. The van der Waals surface area contributed by atoms with Gasteiger partial charge in [0.05, 0.1) is 0 Å². The highest BCUT2D eigenvalue weighted by molar-refractivity contribution is 5.78. The first kappa shape index (κ1) is 16.4. The van der Waals surface area contributed by atoms with Crippen molar-refractivity contribution in [3.8, 4) is 0 Å². The Kier molecular flexibility index (Phi) is 5.81. The third-order valence-corrected chi connectivity index (χ3v) is 4.78. The topological polar surface area (TPSA) is 58.4 Å². The Labute approximate surface area is 118 Å². The number of carbonyl (C=O) groups excluding carboxylic acids is 1. The Balaban J connectivity index is 2.44. The van der Waals surface area contributed by atoms with E-state index in [2.05, 4.69) is 24.1 Å². The highest BCUT2D eigenvalue weighted by Crippen LogP contribution is 2.29. The normalized spacial score (nSPS) is 26.3. The molecular weight excluding hydrogens is 238 g/mol. The number of hydrogen-bond donors (Lipinski definition) is 2. The third kappa shape index (κ3) is 4.77. The molecule has 112 valence electrons. The van der Waals surface area contributed by atoms with E-state index in [0.29, 0.717) is 12.5 Å². The Morgan fingerprint density at radius 3 is 2.58 bits per heavy atom. The molecule has 1 saturated carbocycles. The summed E-state index contributed by atoms with van der Waals surface area (Å²) in [5.41, 5.74) is 5.99. The van der Waals surface area contributed by atoms with Crippen molar-refractivity contribution < 1.29 is 4.79 Å².